The Labute approximate surface area is 53.4 Å². The molecule has 2 heteroatoms. The Bertz CT molecular complexity index is 48.0. The van der Waals surface area contributed by atoms with Crippen molar-refractivity contribution in [1.29, 1.82) is 0 Å². The SMILES string of the molecule is C[C@@H]1CSCCS1. The average molecular weight is 134 g/mol. The van der Waals surface area contributed by atoms with Crippen LogP contribution in [0.25, 0.3) is 0 Å². The zero-order chi connectivity index (χ0) is 5.11. The van der Waals surface area contributed by atoms with Crippen LogP contribution in [0.1, 0.15) is 6.92 Å². The van der Waals surface area contributed by atoms with E-state index >= 15 is 0 Å². The maximum Gasteiger partial charge on any atom is 0.0110 e. The van der Waals surface area contributed by atoms with Crippen molar-refractivity contribution in [1.82, 2.24) is 0 Å². The van der Waals surface area contributed by atoms with Gasteiger partial charge in [0.25, 0.3) is 0 Å². The standard InChI is InChI=1S/C5H10S2/c1-5-4-6-2-3-7-5/h5H,2-4H2,1H3/t5-/m1/s1. The number of hydrogen-bond acceptors (Lipinski definition) is 2. The molecule has 0 nitrogen and oxygen atoms in total. The highest BCUT2D eigenvalue weighted by atomic mass is 32.2. The molecule has 0 unspecified atom stereocenters. The van der Waals surface area contributed by atoms with Gasteiger partial charge in [0.15, 0.2) is 0 Å². The highest BCUT2D eigenvalue weighted by Crippen LogP contribution is 2.22. The molecule has 0 aromatic heterocycles. The molecular formula is C5H10S2. The van der Waals surface area contributed by atoms with Crippen molar-refractivity contribution in [2.75, 3.05) is 17.3 Å². The minimum atomic E-state index is 0.916. The number of thioether (sulfide) groups is 2. The summed E-state index contributed by atoms with van der Waals surface area (Å²) < 4.78 is 0. The van der Waals surface area contributed by atoms with Crippen molar-refractivity contribution < 1.29 is 0 Å². The zero-order valence-corrected chi connectivity index (χ0v) is 6.15. The molecule has 0 spiro atoms. The van der Waals surface area contributed by atoms with Gasteiger partial charge in [0.2, 0.25) is 0 Å². The Morgan fingerprint density at radius 1 is 1.43 bits per heavy atom. The summed E-state index contributed by atoms with van der Waals surface area (Å²) in [4.78, 5) is 0. The van der Waals surface area contributed by atoms with E-state index in [1.807, 2.05) is 0 Å². The van der Waals surface area contributed by atoms with Crippen LogP contribution in [0.2, 0.25) is 0 Å². The topological polar surface area (TPSA) is 0 Å². The largest absolute Gasteiger partial charge is 0.160 e. The van der Waals surface area contributed by atoms with Crippen molar-refractivity contribution >= 4 is 23.5 Å². The van der Waals surface area contributed by atoms with Gasteiger partial charge in [-0.05, 0) is 0 Å². The van der Waals surface area contributed by atoms with Crippen LogP contribution in [0.4, 0.5) is 0 Å². The third-order valence-corrected chi connectivity index (χ3v) is 3.86. The van der Waals surface area contributed by atoms with Gasteiger partial charge >= 0.3 is 0 Å². The molecule has 1 saturated heterocycles. The molecule has 1 heterocycles. The van der Waals surface area contributed by atoms with Gasteiger partial charge in [0, 0.05) is 22.5 Å². The first kappa shape index (κ1) is 5.83. The summed E-state index contributed by atoms with van der Waals surface area (Å²) >= 11 is 4.18. The second-order valence-corrected chi connectivity index (χ2v) is 4.45. The fraction of sp³-hybridized carbons (Fsp3) is 1.00. The summed E-state index contributed by atoms with van der Waals surface area (Å²) in [6.45, 7) is 2.30. The lowest BCUT2D eigenvalue weighted by atomic mass is 10.6. The zero-order valence-electron chi connectivity index (χ0n) is 4.52. The van der Waals surface area contributed by atoms with Crippen LogP contribution in [-0.4, -0.2) is 22.5 Å². The minimum absolute atomic E-state index is 0.916. The fourth-order valence-corrected chi connectivity index (χ4v) is 3.04. The molecule has 0 bridgehead atoms. The highest BCUT2D eigenvalue weighted by Gasteiger charge is 2.06. The van der Waals surface area contributed by atoms with Gasteiger partial charge in [-0.3, -0.25) is 0 Å². The Balaban J connectivity index is 2.12. The summed E-state index contributed by atoms with van der Waals surface area (Å²) in [7, 11) is 0. The Hall–Kier alpha value is 0.700. The molecule has 7 heavy (non-hydrogen) atoms. The van der Waals surface area contributed by atoms with Crippen LogP contribution in [0.3, 0.4) is 0 Å². The van der Waals surface area contributed by atoms with Gasteiger partial charge in [-0.25, -0.2) is 0 Å². The second-order valence-electron chi connectivity index (χ2n) is 1.76. The number of rotatable bonds is 0. The van der Waals surface area contributed by atoms with Gasteiger partial charge in [-0.1, -0.05) is 6.92 Å². The van der Waals surface area contributed by atoms with Crippen LogP contribution < -0.4 is 0 Å². The second kappa shape index (κ2) is 2.88. The molecule has 0 N–H and O–H groups in total. The van der Waals surface area contributed by atoms with Crippen LogP contribution in [0.5, 0.6) is 0 Å². The van der Waals surface area contributed by atoms with E-state index in [1.165, 1.54) is 17.3 Å². The normalized spacial score (nSPS) is 33.0. The summed E-state index contributed by atoms with van der Waals surface area (Å²) in [6.07, 6.45) is 0. The maximum absolute atomic E-state index is 2.30. The molecule has 1 rings (SSSR count). The maximum atomic E-state index is 2.30. The summed E-state index contributed by atoms with van der Waals surface area (Å²) in [6, 6.07) is 0. The molecule has 42 valence electrons. The fourth-order valence-electron chi connectivity index (χ4n) is 0.606. The molecule has 0 aromatic carbocycles. The van der Waals surface area contributed by atoms with Crippen molar-refractivity contribution in [2.45, 2.75) is 12.2 Å². The van der Waals surface area contributed by atoms with Crippen molar-refractivity contribution in [3.8, 4) is 0 Å². The van der Waals surface area contributed by atoms with Gasteiger partial charge < -0.3 is 0 Å². The first-order valence-electron chi connectivity index (χ1n) is 2.59. The Kier molecular flexibility index (Phi) is 2.40. The van der Waals surface area contributed by atoms with E-state index in [2.05, 4.69) is 30.4 Å². The van der Waals surface area contributed by atoms with Gasteiger partial charge in [0.1, 0.15) is 0 Å². The average Bonchev–Trinajstić information content (AvgIpc) is 1.69. The van der Waals surface area contributed by atoms with Crippen molar-refractivity contribution in [3.63, 3.8) is 0 Å². The molecule has 1 aliphatic heterocycles. The lowest BCUT2D eigenvalue weighted by Gasteiger charge is -2.15. The number of hydrogen-bond donors (Lipinski definition) is 0. The quantitative estimate of drug-likeness (QED) is 0.496. The van der Waals surface area contributed by atoms with Gasteiger partial charge in [-0.15, -0.1) is 0 Å². The molecule has 0 amide bonds. The van der Waals surface area contributed by atoms with Crippen molar-refractivity contribution in [2.24, 2.45) is 0 Å². The predicted octanol–water partition coefficient (Wildman–Crippen LogP) is 1.85. The van der Waals surface area contributed by atoms with Crippen LogP contribution in [0.15, 0.2) is 0 Å². The van der Waals surface area contributed by atoms with Crippen molar-refractivity contribution in [3.05, 3.63) is 0 Å². The van der Waals surface area contributed by atoms with Crippen LogP contribution in [-0.2, 0) is 0 Å². The molecule has 0 radical (unpaired) electrons. The van der Waals surface area contributed by atoms with Gasteiger partial charge in [-0.2, -0.15) is 23.5 Å². The third kappa shape index (κ3) is 1.96. The molecule has 0 aromatic rings. The summed E-state index contributed by atoms with van der Waals surface area (Å²) in [5.41, 5.74) is 0. The predicted molar refractivity (Wildman–Crippen MR) is 39.2 cm³/mol. The molecule has 0 saturated carbocycles. The van der Waals surface area contributed by atoms with E-state index < -0.39 is 0 Å². The minimum Gasteiger partial charge on any atom is -0.160 e. The van der Waals surface area contributed by atoms with E-state index in [-0.39, 0.29) is 0 Å². The molecule has 1 fully saturated rings. The lowest BCUT2D eigenvalue weighted by molar-refractivity contribution is 1.11. The molecular weight excluding hydrogens is 124 g/mol. The first-order chi connectivity index (χ1) is 3.39. The smallest absolute Gasteiger partial charge is 0.0110 e. The van der Waals surface area contributed by atoms with E-state index in [0.29, 0.717) is 0 Å². The van der Waals surface area contributed by atoms with E-state index in [0.717, 1.165) is 5.25 Å². The molecule has 0 aliphatic carbocycles. The lowest BCUT2D eigenvalue weighted by Crippen LogP contribution is -2.08. The first-order valence-corrected chi connectivity index (χ1v) is 4.79. The summed E-state index contributed by atoms with van der Waals surface area (Å²) in [5.74, 6) is 4.10. The van der Waals surface area contributed by atoms with E-state index in [4.69, 9.17) is 0 Å². The summed E-state index contributed by atoms with van der Waals surface area (Å²) in [5, 5.41) is 0.916. The van der Waals surface area contributed by atoms with Crippen LogP contribution in [0, 0.1) is 0 Å². The Morgan fingerprint density at radius 3 is 2.57 bits per heavy atom. The van der Waals surface area contributed by atoms with E-state index in [1.54, 1.807) is 0 Å². The highest BCUT2D eigenvalue weighted by molar-refractivity contribution is 8.06. The molecule has 1 atom stereocenters. The van der Waals surface area contributed by atoms with Crippen LogP contribution >= 0.6 is 23.5 Å². The third-order valence-electron chi connectivity index (χ3n) is 0.983. The van der Waals surface area contributed by atoms with E-state index in [9.17, 15) is 0 Å². The van der Waals surface area contributed by atoms with Gasteiger partial charge in [0.05, 0.1) is 0 Å². The monoisotopic (exact) mass is 134 g/mol. The Morgan fingerprint density at radius 2 is 2.29 bits per heavy atom. The molecule has 1 aliphatic rings.